The lowest BCUT2D eigenvalue weighted by Crippen LogP contribution is -2.39. The van der Waals surface area contributed by atoms with Crippen LogP contribution in [0.1, 0.15) is 42.7 Å². The largest absolute Gasteiger partial charge is 0.492 e. The second kappa shape index (κ2) is 11.2. The van der Waals surface area contributed by atoms with E-state index in [-0.39, 0.29) is 23.7 Å². The van der Waals surface area contributed by atoms with E-state index in [2.05, 4.69) is 16.0 Å². The van der Waals surface area contributed by atoms with Crippen LogP contribution in [0.4, 0.5) is 15.8 Å². The monoisotopic (exact) mass is 449 g/mol. The molecular formula is C26H28FN3O3. The van der Waals surface area contributed by atoms with Crippen LogP contribution in [-0.4, -0.2) is 24.5 Å². The van der Waals surface area contributed by atoms with E-state index in [1.54, 1.807) is 25.1 Å². The minimum absolute atomic E-state index is 0.102. The van der Waals surface area contributed by atoms with Crippen molar-refractivity contribution in [2.45, 2.75) is 32.9 Å². The molecule has 0 aliphatic heterocycles. The van der Waals surface area contributed by atoms with Crippen LogP contribution in [0.2, 0.25) is 0 Å². The van der Waals surface area contributed by atoms with Crippen LogP contribution in [0.5, 0.6) is 5.75 Å². The van der Waals surface area contributed by atoms with Crippen molar-refractivity contribution in [1.82, 2.24) is 5.32 Å². The highest BCUT2D eigenvalue weighted by Gasteiger charge is 2.18. The molecule has 0 bridgehead atoms. The molecule has 3 rings (SSSR count). The third kappa shape index (κ3) is 6.63. The highest BCUT2D eigenvalue weighted by Crippen LogP contribution is 2.24. The Morgan fingerprint density at radius 1 is 0.909 bits per heavy atom. The molecule has 0 aromatic heterocycles. The summed E-state index contributed by atoms with van der Waals surface area (Å²) in [5, 5.41) is 8.98. The predicted molar refractivity (Wildman–Crippen MR) is 128 cm³/mol. The molecule has 0 radical (unpaired) electrons. The van der Waals surface area contributed by atoms with Crippen LogP contribution < -0.4 is 20.7 Å². The molecule has 0 saturated carbocycles. The Morgan fingerprint density at radius 3 is 2.24 bits per heavy atom. The summed E-state index contributed by atoms with van der Waals surface area (Å²) < 4.78 is 18.6. The lowest BCUT2D eigenvalue weighted by Gasteiger charge is -2.21. The number of hydrogen-bond donors (Lipinski definition) is 3. The second-order valence-corrected chi connectivity index (χ2v) is 7.61. The minimum Gasteiger partial charge on any atom is -0.492 e. The fourth-order valence-corrected chi connectivity index (χ4v) is 3.30. The Kier molecular flexibility index (Phi) is 8.16. The smallest absolute Gasteiger partial charge is 0.255 e. The lowest BCUT2D eigenvalue weighted by atomic mass is 10.1. The summed E-state index contributed by atoms with van der Waals surface area (Å²) in [7, 11) is 0. The van der Waals surface area contributed by atoms with Gasteiger partial charge in [-0.25, -0.2) is 4.39 Å². The van der Waals surface area contributed by atoms with Gasteiger partial charge in [0.25, 0.3) is 5.91 Å². The highest BCUT2D eigenvalue weighted by atomic mass is 19.1. The molecule has 0 spiro atoms. The molecular weight excluding hydrogens is 421 g/mol. The van der Waals surface area contributed by atoms with Crippen LogP contribution >= 0.6 is 0 Å². The van der Waals surface area contributed by atoms with Crippen molar-refractivity contribution in [3.63, 3.8) is 0 Å². The Balaban J connectivity index is 1.56. The summed E-state index contributed by atoms with van der Waals surface area (Å²) in [5.41, 5.74) is 2.59. The summed E-state index contributed by atoms with van der Waals surface area (Å²) in [6.07, 6.45) is 0. The number of anilines is 2. The molecule has 33 heavy (non-hydrogen) atoms. The number of amides is 2. The molecule has 2 atom stereocenters. The van der Waals surface area contributed by atoms with E-state index in [1.165, 1.54) is 24.3 Å². The third-order valence-corrected chi connectivity index (χ3v) is 5.11. The molecule has 2 amide bonds. The van der Waals surface area contributed by atoms with Crippen LogP contribution in [-0.2, 0) is 4.79 Å². The van der Waals surface area contributed by atoms with Gasteiger partial charge in [0.15, 0.2) is 0 Å². The van der Waals surface area contributed by atoms with Gasteiger partial charge < -0.3 is 15.4 Å². The first kappa shape index (κ1) is 23.9. The summed E-state index contributed by atoms with van der Waals surface area (Å²) >= 11 is 0. The van der Waals surface area contributed by atoms with Gasteiger partial charge in [-0.3, -0.25) is 14.9 Å². The Morgan fingerprint density at radius 2 is 1.58 bits per heavy atom. The number of carbonyl (C=O) groups is 2. The maximum Gasteiger partial charge on any atom is 0.255 e. The van der Waals surface area contributed by atoms with Gasteiger partial charge in [0.2, 0.25) is 5.91 Å². The van der Waals surface area contributed by atoms with Gasteiger partial charge in [0.05, 0.1) is 18.3 Å². The van der Waals surface area contributed by atoms with E-state index in [9.17, 15) is 14.0 Å². The quantitative estimate of drug-likeness (QED) is 0.422. The van der Waals surface area contributed by atoms with E-state index in [0.29, 0.717) is 29.3 Å². The summed E-state index contributed by atoms with van der Waals surface area (Å²) in [4.78, 5) is 24.9. The molecule has 3 N–H and O–H groups in total. The van der Waals surface area contributed by atoms with Crippen molar-refractivity contribution in [2.75, 3.05) is 17.2 Å². The zero-order valence-electron chi connectivity index (χ0n) is 18.9. The van der Waals surface area contributed by atoms with Gasteiger partial charge in [-0.05, 0) is 74.9 Å². The van der Waals surface area contributed by atoms with Crippen molar-refractivity contribution in [1.29, 1.82) is 0 Å². The highest BCUT2D eigenvalue weighted by molar-refractivity contribution is 6.04. The number of carbonyl (C=O) groups excluding carboxylic acids is 2. The third-order valence-electron chi connectivity index (χ3n) is 5.11. The van der Waals surface area contributed by atoms with E-state index in [0.717, 1.165) is 5.56 Å². The van der Waals surface area contributed by atoms with Crippen LogP contribution in [0.25, 0.3) is 0 Å². The normalized spacial score (nSPS) is 12.5. The molecule has 0 heterocycles. The average Bonchev–Trinajstić information content (AvgIpc) is 2.81. The maximum atomic E-state index is 13.0. The Bertz CT molecular complexity index is 1080. The van der Waals surface area contributed by atoms with Crippen LogP contribution in [0.3, 0.4) is 0 Å². The topological polar surface area (TPSA) is 79.5 Å². The molecule has 3 aromatic carbocycles. The molecule has 2 unspecified atom stereocenters. The first-order chi connectivity index (χ1) is 15.9. The molecule has 0 saturated heterocycles. The zero-order chi connectivity index (χ0) is 23.8. The van der Waals surface area contributed by atoms with Crippen molar-refractivity contribution in [3.05, 3.63) is 89.7 Å². The van der Waals surface area contributed by atoms with Crippen LogP contribution in [0, 0.1) is 5.82 Å². The summed E-state index contributed by atoms with van der Waals surface area (Å²) in [5.74, 6) is -0.241. The van der Waals surface area contributed by atoms with Crippen molar-refractivity contribution in [2.24, 2.45) is 0 Å². The van der Waals surface area contributed by atoms with Gasteiger partial charge in [0.1, 0.15) is 11.6 Å². The molecule has 3 aromatic rings. The van der Waals surface area contributed by atoms with Crippen molar-refractivity contribution < 1.29 is 18.7 Å². The van der Waals surface area contributed by atoms with Gasteiger partial charge in [-0.15, -0.1) is 0 Å². The Hall–Kier alpha value is -3.71. The minimum atomic E-state index is -0.451. The molecule has 0 aliphatic rings. The maximum absolute atomic E-state index is 13.0. The van der Waals surface area contributed by atoms with Gasteiger partial charge in [-0.1, -0.05) is 24.3 Å². The number of nitrogens with one attached hydrogen (secondary N) is 3. The molecule has 172 valence electrons. The van der Waals surface area contributed by atoms with E-state index >= 15 is 0 Å². The number of benzene rings is 3. The predicted octanol–water partition coefficient (Wildman–Crippen LogP) is 5.15. The Labute approximate surface area is 193 Å². The number of rotatable bonds is 9. The number of ether oxygens (including phenoxy) is 1. The average molecular weight is 450 g/mol. The standard InChI is InChI=1S/C26H28FN3O3/c1-4-33-24-8-6-5-7-23(24)30-25(31)18(3)28-17(2)19-11-15-22(16-12-19)29-26(32)20-9-13-21(27)14-10-20/h5-18,28H,4H2,1-3H3,(H,29,32)(H,30,31). The first-order valence-electron chi connectivity index (χ1n) is 10.8. The zero-order valence-corrected chi connectivity index (χ0v) is 18.9. The molecule has 0 fully saturated rings. The SMILES string of the molecule is CCOc1ccccc1NC(=O)C(C)NC(C)c1ccc(NC(=O)c2ccc(F)cc2)cc1. The van der Waals surface area contributed by atoms with Crippen molar-refractivity contribution in [3.8, 4) is 5.75 Å². The molecule has 7 heteroatoms. The fourth-order valence-electron chi connectivity index (χ4n) is 3.30. The number of halogens is 1. The van der Waals surface area contributed by atoms with Gasteiger partial charge in [-0.2, -0.15) is 0 Å². The lowest BCUT2D eigenvalue weighted by molar-refractivity contribution is -0.118. The molecule has 6 nitrogen and oxygen atoms in total. The second-order valence-electron chi connectivity index (χ2n) is 7.61. The van der Waals surface area contributed by atoms with E-state index < -0.39 is 6.04 Å². The van der Waals surface area contributed by atoms with E-state index in [4.69, 9.17) is 4.74 Å². The first-order valence-corrected chi connectivity index (χ1v) is 10.8. The van der Waals surface area contributed by atoms with Gasteiger partial charge >= 0.3 is 0 Å². The number of para-hydroxylation sites is 2. The summed E-state index contributed by atoms with van der Waals surface area (Å²) in [6, 6.07) is 19.5. The van der Waals surface area contributed by atoms with Crippen molar-refractivity contribution >= 4 is 23.2 Å². The van der Waals surface area contributed by atoms with Crippen LogP contribution in [0.15, 0.2) is 72.8 Å². The van der Waals surface area contributed by atoms with E-state index in [1.807, 2.05) is 44.2 Å². The number of hydrogen-bond acceptors (Lipinski definition) is 4. The molecule has 0 aliphatic carbocycles. The fraction of sp³-hybridized carbons (Fsp3) is 0.231. The van der Waals surface area contributed by atoms with Gasteiger partial charge in [0, 0.05) is 17.3 Å². The summed E-state index contributed by atoms with van der Waals surface area (Å²) in [6.45, 7) is 6.17.